The van der Waals surface area contributed by atoms with E-state index in [2.05, 4.69) is 0 Å². The number of nitrogens with two attached hydrogens (primary N) is 1. The van der Waals surface area contributed by atoms with Crippen molar-refractivity contribution in [2.75, 3.05) is 17.6 Å². The zero-order valence-corrected chi connectivity index (χ0v) is 9.24. The fourth-order valence-electron chi connectivity index (χ4n) is 1.13. The number of hydrogen-bond acceptors (Lipinski definition) is 2. The molecule has 0 aliphatic carbocycles. The standard InChI is InChI=1S/C10H9F7N2/c11-8(12,9(13,14)10(15,16)17)5-19-7-3-1-6(18)2-4-7/h1-4,19H,5,18H2. The number of hydrogen-bond donors (Lipinski definition) is 2. The minimum absolute atomic E-state index is 0.0492. The second-order valence-corrected chi connectivity index (χ2v) is 3.75. The van der Waals surface area contributed by atoms with Crippen LogP contribution in [-0.2, 0) is 0 Å². The molecule has 1 aromatic rings. The molecule has 1 rings (SSSR count). The maximum atomic E-state index is 12.9. The molecule has 2 nitrogen and oxygen atoms in total. The van der Waals surface area contributed by atoms with Gasteiger partial charge in [0.2, 0.25) is 0 Å². The zero-order chi connectivity index (χ0) is 14.9. The third-order valence-electron chi connectivity index (χ3n) is 2.24. The first-order valence-electron chi connectivity index (χ1n) is 4.89. The summed E-state index contributed by atoms with van der Waals surface area (Å²) in [4.78, 5) is 0. The van der Waals surface area contributed by atoms with Crippen LogP contribution in [0.5, 0.6) is 0 Å². The van der Waals surface area contributed by atoms with Crippen molar-refractivity contribution in [2.45, 2.75) is 18.0 Å². The van der Waals surface area contributed by atoms with E-state index >= 15 is 0 Å². The Morgan fingerprint density at radius 2 is 1.37 bits per heavy atom. The third-order valence-corrected chi connectivity index (χ3v) is 2.24. The Balaban J connectivity index is 2.78. The van der Waals surface area contributed by atoms with E-state index in [1.54, 1.807) is 5.32 Å². The highest BCUT2D eigenvalue weighted by atomic mass is 19.4. The lowest BCUT2D eigenvalue weighted by Crippen LogP contribution is -2.55. The minimum Gasteiger partial charge on any atom is -0.399 e. The molecule has 108 valence electrons. The van der Waals surface area contributed by atoms with Gasteiger partial charge in [0, 0.05) is 11.4 Å². The Kier molecular flexibility index (Phi) is 3.87. The van der Waals surface area contributed by atoms with Gasteiger partial charge in [-0.05, 0) is 24.3 Å². The average molecular weight is 290 g/mol. The van der Waals surface area contributed by atoms with Crippen LogP contribution in [0.2, 0.25) is 0 Å². The summed E-state index contributed by atoms with van der Waals surface area (Å²) in [7, 11) is 0. The molecule has 0 unspecified atom stereocenters. The Morgan fingerprint density at radius 1 is 0.895 bits per heavy atom. The van der Waals surface area contributed by atoms with Gasteiger partial charge in [0.05, 0.1) is 6.54 Å². The highest BCUT2D eigenvalue weighted by molar-refractivity contribution is 5.51. The van der Waals surface area contributed by atoms with E-state index in [9.17, 15) is 30.7 Å². The number of anilines is 2. The van der Waals surface area contributed by atoms with Gasteiger partial charge in [-0.15, -0.1) is 0 Å². The average Bonchev–Trinajstić information content (AvgIpc) is 2.26. The maximum absolute atomic E-state index is 12.9. The Labute approximate surface area is 103 Å². The molecule has 0 saturated heterocycles. The van der Waals surface area contributed by atoms with Gasteiger partial charge in [0.1, 0.15) is 0 Å². The molecule has 19 heavy (non-hydrogen) atoms. The van der Waals surface area contributed by atoms with Gasteiger partial charge in [-0.3, -0.25) is 0 Å². The van der Waals surface area contributed by atoms with E-state index in [0.29, 0.717) is 0 Å². The van der Waals surface area contributed by atoms with Crippen LogP contribution >= 0.6 is 0 Å². The fraction of sp³-hybridized carbons (Fsp3) is 0.400. The minimum atomic E-state index is -6.32. The van der Waals surface area contributed by atoms with Crippen molar-refractivity contribution in [1.82, 2.24) is 0 Å². The van der Waals surface area contributed by atoms with Crippen LogP contribution < -0.4 is 11.1 Å². The largest absolute Gasteiger partial charge is 0.459 e. The summed E-state index contributed by atoms with van der Waals surface area (Å²) in [6, 6.07) is 4.92. The highest BCUT2D eigenvalue weighted by Crippen LogP contribution is 2.46. The Hall–Kier alpha value is -1.67. The van der Waals surface area contributed by atoms with E-state index in [4.69, 9.17) is 5.73 Å². The molecule has 0 aromatic heterocycles. The number of benzene rings is 1. The summed E-state index contributed by atoms with van der Waals surface area (Å²) < 4.78 is 86.4. The van der Waals surface area contributed by atoms with Crippen LogP contribution in [0.25, 0.3) is 0 Å². The van der Waals surface area contributed by atoms with Crippen molar-refractivity contribution in [3.8, 4) is 0 Å². The van der Waals surface area contributed by atoms with Crippen LogP contribution in [0.4, 0.5) is 42.1 Å². The summed E-state index contributed by atoms with van der Waals surface area (Å²) in [5.41, 5.74) is 5.53. The highest BCUT2D eigenvalue weighted by Gasteiger charge is 2.72. The summed E-state index contributed by atoms with van der Waals surface area (Å²) in [5, 5.41) is 1.80. The molecule has 0 heterocycles. The molecular weight excluding hydrogens is 281 g/mol. The molecule has 0 aliphatic rings. The van der Waals surface area contributed by atoms with E-state index < -0.39 is 24.6 Å². The Morgan fingerprint density at radius 3 is 1.79 bits per heavy atom. The van der Waals surface area contributed by atoms with Crippen LogP contribution in [0.3, 0.4) is 0 Å². The predicted molar refractivity (Wildman–Crippen MR) is 55.3 cm³/mol. The van der Waals surface area contributed by atoms with Crippen molar-refractivity contribution >= 4 is 11.4 Å². The molecule has 0 atom stereocenters. The zero-order valence-electron chi connectivity index (χ0n) is 9.24. The number of rotatable bonds is 4. The molecule has 0 radical (unpaired) electrons. The van der Waals surface area contributed by atoms with Crippen molar-refractivity contribution in [1.29, 1.82) is 0 Å². The third kappa shape index (κ3) is 3.21. The monoisotopic (exact) mass is 290 g/mol. The quantitative estimate of drug-likeness (QED) is 0.658. The van der Waals surface area contributed by atoms with Crippen molar-refractivity contribution in [3.63, 3.8) is 0 Å². The maximum Gasteiger partial charge on any atom is 0.459 e. The molecule has 9 heteroatoms. The predicted octanol–water partition coefficient (Wildman–Crippen LogP) is 3.51. The topological polar surface area (TPSA) is 38.0 Å². The van der Waals surface area contributed by atoms with Crippen LogP contribution in [0.1, 0.15) is 0 Å². The van der Waals surface area contributed by atoms with Crippen LogP contribution in [0.15, 0.2) is 24.3 Å². The van der Waals surface area contributed by atoms with Gasteiger partial charge in [-0.1, -0.05) is 0 Å². The SMILES string of the molecule is Nc1ccc(NCC(F)(F)C(F)(F)C(F)(F)F)cc1. The van der Waals surface area contributed by atoms with E-state index in [1.807, 2.05) is 0 Å². The number of halogens is 7. The summed E-state index contributed by atoms with van der Waals surface area (Å²) in [5.74, 6) is -11.4. The summed E-state index contributed by atoms with van der Waals surface area (Å²) in [6.07, 6.45) is -6.32. The molecule has 1 aromatic carbocycles. The van der Waals surface area contributed by atoms with E-state index in [0.717, 1.165) is 0 Å². The smallest absolute Gasteiger partial charge is 0.399 e. The Bertz CT molecular complexity index is 424. The lowest BCUT2D eigenvalue weighted by Gasteiger charge is -2.28. The van der Waals surface area contributed by atoms with E-state index in [1.165, 1.54) is 24.3 Å². The summed E-state index contributed by atoms with van der Waals surface area (Å²) >= 11 is 0. The normalized spacial score (nSPS) is 13.4. The number of nitrogens with one attached hydrogen (secondary N) is 1. The molecule has 0 saturated carbocycles. The first-order valence-corrected chi connectivity index (χ1v) is 4.89. The first kappa shape index (κ1) is 15.4. The first-order chi connectivity index (χ1) is 8.47. The molecule has 0 spiro atoms. The van der Waals surface area contributed by atoms with Crippen molar-refractivity contribution < 1.29 is 30.7 Å². The van der Waals surface area contributed by atoms with Gasteiger partial charge in [-0.25, -0.2) is 0 Å². The van der Waals surface area contributed by atoms with Gasteiger partial charge < -0.3 is 11.1 Å². The van der Waals surface area contributed by atoms with Gasteiger partial charge in [0.25, 0.3) is 0 Å². The van der Waals surface area contributed by atoms with Crippen molar-refractivity contribution in [3.05, 3.63) is 24.3 Å². The van der Waals surface area contributed by atoms with Crippen molar-refractivity contribution in [2.24, 2.45) is 0 Å². The summed E-state index contributed by atoms with van der Waals surface area (Å²) in [6.45, 7) is -1.86. The molecule has 0 bridgehead atoms. The molecule has 0 aliphatic heterocycles. The van der Waals surface area contributed by atoms with Gasteiger partial charge in [0.15, 0.2) is 0 Å². The fourth-order valence-corrected chi connectivity index (χ4v) is 1.13. The van der Waals surface area contributed by atoms with Gasteiger partial charge >= 0.3 is 18.0 Å². The lowest BCUT2D eigenvalue weighted by molar-refractivity contribution is -0.350. The molecule has 0 fully saturated rings. The second-order valence-electron chi connectivity index (χ2n) is 3.75. The van der Waals surface area contributed by atoms with Crippen LogP contribution in [0, 0.1) is 0 Å². The second kappa shape index (κ2) is 4.78. The lowest BCUT2D eigenvalue weighted by atomic mass is 10.1. The van der Waals surface area contributed by atoms with E-state index in [-0.39, 0.29) is 11.4 Å². The van der Waals surface area contributed by atoms with Crippen LogP contribution in [-0.4, -0.2) is 24.6 Å². The molecule has 0 amide bonds. The molecular formula is C10H9F7N2. The molecule has 3 N–H and O–H groups in total. The van der Waals surface area contributed by atoms with Gasteiger partial charge in [-0.2, -0.15) is 30.7 Å². The number of nitrogen functional groups attached to an aromatic ring is 1. The number of alkyl halides is 7.